The number of carbonyl (C=O) groups excluding carboxylic acids is 2. The van der Waals surface area contributed by atoms with Gasteiger partial charge in [0.15, 0.2) is 0 Å². The van der Waals surface area contributed by atoms with Gasteiger partial charge in [-0.15, -0.1) is 0 Å². The Bertz CT molecular complexity index is 502. The zero-order valence-corrected chi connectivity index (χ0v) is 11.0. The van der Waals surface area contributed by atoms with Crippen molar-refractivity contribution in [2.75, 3.05) is 0 Å². The van der Waals surface area contributed by atoms with Crippen LogP contribution < -0.4 is 0 Å². The van der Waals surface area contributed by atoms with Gasteiger partial charge in [0, 0.05) is 6.42 Å². The molecule has 0 spiro atoms. The molecule has 0 aliphatic rings. The van der Waals surface area contributed by atoms with Crippen molar-refractivity contribution >= 4 is 35.6 Å². The molecule has 0 atom stereocenters. The van der Waals surface area contributed by atoms with E-state index in [0.29, 0.717) is 0 Å². The minimum Gasteiger partial charge on any atom is -0.481 e. The van der Waals surface area contributed by atoms with E-state index in [1.807, 2.05) is 0 Å². The van der Waals surface area contributed by atoms with Gasteiger partial charge in [-0.1, -0.05) is 0 Å². The second-order valence-corrected chi connectivity index (χ2v) is 4.15. The number of rotatable bonds is 10. The molecule has 0 rings (SSSR count). The fourth-order valence-corrected chi connectivity index (χ4v) is 1.38. The van der Waals surface area contributed by atoms with Crippen molar-refractivity contribution in [1.29, 1.82) is 0 Å². The van der Waals surface area contributed by atoms with E-state index in [2.05, 4.69) is 4.74 Å². The highest BCUT2D eigenvalue weighted by atomic mass is 16.6. The number of carboxylic acids is 4. The van der Waals surface area contributed by atoms with Crippen LogP contribution in [0.25, 0.3) is 0 Å². The van der Waals surface area contributed by atoms with Crippen LogP contribution in [0, 0.1) is 0 Å². The molecular weight excluding hydrogens is 308 g/mol. The van der Waals surface area contributed by atoms with Crippen LogP contribution in [0.4, 0.5) is 0 Å². The molecule has 0 bridgehead atoms. The number of ketones is 1. The molecule has 11 nitrogen and oxygen atoms in total. The molecule has 0 aromatic rings. The van der Waals surface area contributed by atoms with E-state index in [4.69, 9.17) is 20.4 Å². The van der Waals surface area contributed by atoms with E-state index in [9.17, 15) is 28.8 Å². The minimum absolute atomic E-state index is 0.730. The van der Waals surface area contributed by atoms with Gasteiger partial charge in [-0.3, -0.25) is 19.2 Å². The monoisotopic (exact) mass is 320 g/mol. The molecule has 11 heteroatoms. The molecule has 0 unspecified atom stereocenters. The fraction of sp³-hybridized carbons (Fsp3) is 0.455. The van der Waals surface area contributed by atoms with E-state index >= 15 is 0 Å². The summed E-state index contributed by atoms with van der Waals surface area (Å²) < 4.78 is 4.27. The first kappa shape index (κ1) is 19.0. The third-order valence-electron chi connectivity index (χ3n) is 2.34. The predicted molar refractivity (Wildman–Crippen MR) is 62.8 cm³/mol. The summed E-state index contributed by atoms with van der Waals surface area (Å²) in [7, 11) is 0. The van der Waals surface area contributed by atoms with Crippen LogP contribution in [-0.2, 0) is 33.5 Å². The number of hydrogen-bond donors (Lipinski definition) is 4. The summed E-state index contributed by atoms with van der Waals surface area (Å²) in [5.41, 5.74) is -2.96. The first-order valence-corrected chi connectivity index (χ1v) is 5.65. The number of ether oxygens (including phenoxy) is 1. The van der Waals surface area contributed by atoms with Gasteiger partial charge < -0.3 is 25.2 Å². The van der Waals surface area contributed by atoms with Gasteiger partial charge >= 0.3 is 29.8 Å². The quantitative estimate of drug-likeness (QED) is 0.277. The Morgan fingerprint density at radius 2 is 1.18 bits per heavy atom. The van der Waals surface area contributed by atoms with Gasteiger partial charge in [0.05, 0.1) is 19.3 Å². The standard InChI is InChI=1S/C11H12O11/c12-5(1-2-6(13)14)9(19)22-11(10(20)21,3-7(15)16)4-8(17)18/h1-4H2,(H,13,14)(H,15,16)(H,17,18)(H,20,21). The van der Waals surface area contributed by atoms with Crippen molar-refractivity contribution < 1.29 is 53.9 Å². The molecule has 0 fully saturated rings. The summed E-state index contributed by atoms with van der Waals surface area (Å²) in [5, 5.41) is 34.6. The molecule has 4 N–H and O–H groups in total. The first-order valence-electron chi connectivity index (χ1n) is 5.65. The van der Waals surface area contributed by atoms with Crippen LogP contribution in [0.3, 0.4) is 0 Å². The van der Waals surface area contributed by atoms with Crippen molar-refractivity contribution in [3.05, 3.63) is 0 Å². The Kier molecular flexibility index (Phi) is 6.67. The lowest BCUT2D eigenvalue weighted by atomic mass is 9.95. The van der Waals surface area contributed by atoms with Crippen LogP contribution in [0.5, 0.6) is 0 Å². The Balaban J connectivity index is 5.25. The summed E-state index contributed by atoms with van der Waals surface area (Å²) in [6, 6.07) is 0. The molecule has 0 amide bonds. The SMILES string of the molecule is O=C(O)CCC(=O)C(=O)OC(CC(=O)O)(CC(=O)O)C(=O)O. The Morgan fingerprint density at radius 1 is 0.727 bits per heavy atom. The van der Waals surface area contributed by atoms with Gasteiger partial charge in [0.2, 0.25) is 11.4 Å². The van der Waals surface area contributed by atoms with Crippen molar-refractivity contribution in [1.82, 2.24) is 0 Å². The third-order valence-corrected chi connectivity index (χ3v) is 2.34. The van der Waals surface area contributed by atoms with Crippen LogP contribution in [0.1, 0.15) is 25.7 Å². The van der Waals surface area contributed by atoms with E-state index in [0.717, 1.165) is 0 Å². The Morgan fingerprint density at radius 3 is 1.50 bits per heavy atom. The largest absolute Gasteiger partial charge is 0.481 e. The number of Topliss-reactive ketones (excluding diaryl/α,β-unsaturated/α-hetero) is 1. The summed E-state index contributed by atoms with van der Waals surface area (Å²) in [6.07, 6.45) is -4.30. The maximum Gasteiger partial charge on any atom is 0.375 e. The highest BCUT2D eigenvalue weighted by Crippen LogP contribution is 2.23. The smallest absolute Gasteiger partial charge is 0.375 e. The highest BCUT2D eigenvalue weighted by molar-refractivity contribution is 6.34. The van der Waals surface area contributed by atoms with E-state index in [1.54, 1.807) is 0 Å². The summed E-state index contributed by atoms with van der Waals surface area (Å²) >= 11 is 0. The number of hydrogen-bond acceptors (Lipinski definition) is 7. The zero-order valence-electron chi connectivity index (χ0n) is 11.0. The third kappa shape index (κ3) is 5.98. The minimum atomic E-state index is -2.96. The Labute approximate surface area is 122 Å². The van der Waals surface area contributed by atoms with Gasteiger partial charge in [-0.25, -0.2) is 9.59 Å². The first-order chi connectivity index (χ1) is 10.00. The zero-order chi connectivity index (χ0) is 17.5. The van der Waals surface area contributed by atoms with E-state index < -0.39 is 66.9 Å². The van der Waals surface area contributed by atoms with Gasteiger partial charge in [0.1, 0.15) is 0 Å². The molecule has 0 heterocycles. The van der Waals surface area contributed by atoms with Crippen molar-refractivity contribution in [2.24, 2.45) is 0 Å². The van der Waals surface area contributed by atoms with Crippen LogP contribution in [0.15, 0.2) is 0 Å². The number of esters is 1. The molecule has 0 aliphatic carbocycles. The van der Waals surface area contributed by atoms with Crippen molar-refractivity contribution in [3.63, 3.8) is 0 Å². The van der Waals surface area contributed by atoms with Gasteiger partial charge in [-0.05, 0) is 0 Å². The highest BCUT2D eigenvalue weighted by Gasteiger charge is 2.48. The predicted octanol–water partition coefficient (Wildman–Crippen LogP) is -1.26. The molecule has 0 aromatic heterocycles. The molecule has 0 aromatic carbocycles. The second kappa shape index (κ2) is 7.71. The number of aliphatic carboxylic acids is 4. The average Bonchev–Trinajstić information content (AvgIpc) is 2.33. The lowest BCUT2D eigenvalue weighted by Gasteiger charge is -2.25. The molecular formula is C11H12O11. The number of carbonyl (C=O) groups is 6. The number of carboxylic acid groups (broad SMARTS) is 4. The van der Waals surface area contributed by atoms with Gasteiger partial charge in [-0.2, -0.15) is 0 Å². The van der Waals surface area contributed by atoms with E-state index in [-0.39, 0.29) is 0 Å². The van der Waals surface area contributed by atoms with Gasteiger partial charge in [0.25, 0.3) is 0 Å². The second-order valence-electron chi connectivity index (χ2n) is 4.15. The molecule has 0 saturated carbocycles. The molecule has 0 saturated heterocycles. The summed E-state index contributed by atoms with van der Waals surface area (Å²) in [5.74, 6) is -10.2. The lowest BCUT2D eigenvalue weighted by Crippen LogP contribution is -2.48. The normalized spacial score (nSPS) is 10.5. The maximum absolute atomic E-state index is 11.4. The average molecular weight is 320 g/mol. The molecule has 0 radical (unpaired) electrons. The van der Waals surface area contributed by atoms with E-state index in [1.165, 1.54) is 0 Å². The lowest BCUT2D eigenvalue weighted by molar-refractivity contribution is -0.187. The van der Waals surface area contributed by atoms with Crippen LogP contribution in [-0.4, -0.2) is 61.7 Å². The molecule has 0 aliphatic heterocycles. The van der Waals surface area contributed by atoms with Crippen LogP contribution in [0.2, 0.25) is 0 Å². The Hall–Kier alpha value is -2.98. The molecule has 122 valence electrons. The van der Waals surface area contributed by atoms with Crippen molar-refractivity contribution in [3.8, 4) is 0 Å². The van der Waals surface area contributed by atoms with Crippen LogP contribution >= 0.6 is 0 Å². The summed E-state index contributed by atoms with van der Waals surface area (Å²) in [6.45, 7) is 0. The maximum atomic E-state index is 11.4. The summed E-state index contributed by atoms with van der Waals surface area (Å²) in [4.78, 5) is 65.4. The van der Waals surface area contributed by atoms with Crippen molar-refractivity contribution in [2.45, 2.75) is 31.3 Å². The fourth-order valence-electron chi connectivity index (χ4n) is 1.38. The topological polar surface area (TPSA) is 193 Å². The molecule has 22 heavy (non-hydrogen) atoms.